The van der Waals surface area contributed by atoms with E-state index in [-0.39, 0.29) is 35.1 Å². The van der Waals surface area contributed by atoms with Gasteiger partial charge >= 0.3 is 6.18 Å². The molecule has 0 saturated heterocycles. The fraction of sp³-hybridized carbons (Fsp3) is 0.304. The smallest absolute Gasteiger partial charge is 0.421 e. The lowest BCUT2D eigenvalue weighted by Crippen LogP contribution is -2.39. The molecule has 0 heterocycles. The standard InChI is InChI=1S/C23H23ClF4N2O5/c1-14(30-21(32)13-35-17-7-8-18(24)19(25)11-17)9-10-29-20(31)12-34-16-5-3-15(4-6-16)22(2,33)23(26,27)28/h3-8,11,33H,1,9-10,12-13H2,2H3,(H,29,31)(H,30,32). The van der Waals surface area contributed by atoms with Gasteiger partial charge in [0.15, 0.2) is 18.8 Å². The van der Waals surface area contributed by atoms with Crippen molar-refractivity contribution in [3.63, 3.8) is 0 Å². The molecule has 0 spiro atoms. The van der Waals surface area contributed by atoms with Crippen molar-refractivity contribution in [2.45, 2.75) is 25.1 Å². The van der Waals surface area contributed by atoms with E-state index in [9.17, 15) is 32.3 Å². The molecule has 0 aliphatic rings. The number of alkyl halides is 3. The van der Waals surface area contributed by atoms with Gasteiger partial charge in [-0.3, -0.25) is 9.59 Å². The van der Waals surface area contributed by atoms with Crippen LogP contribution in [-0.2, 0) is 15.2 Å². The molecule has 2 aromatic carbocycles. The Labute approximate surface area is 203 Å². The third kappa shape index (κ3) is 8.45. The van der Waals surface area contributed by atoms with Gasteiger partial charge in [0, 0.05) is 24.7 Å². The topological polar surface area (TPSA) is 96.9 Å². The number of aliphatic hydroxyl groups is 1. The molecule has 0 fully saturated rings. The largest absolute Gasteiger partial charge is 0.484 e. The van der Waals surface area contributed by atoms with Gasteiger partial charge in [0.1, 0.15) is 17.3 Å². The van der Waals surface area contributed by atoms with Gasteiger partial charge in [-0.25, -0.2) is 4.39 Å². The van der Waals surface area contributed by atoms with Crippen LogP contribution in [0, 0.1) is 5.82 Å². The Hall–Kier alpha value is -3.31. The third-order valence-electron chi connectivity index (χ3n) is 4.66. The molecule has 7 nitrogen and oxygen atoms in total. The highest BCUT2D eigenvalue weighted by Gasteiger charge is 2.51. The molecule has 0 aliphatic heterocycles. The summed E-state index contributed by atoms with van der Waals surface area (Å²) in [5.41, 5.74) is -3.08. The van der Waals surface area contributed by atoms with Crippen LogP contribution in [0.15, 0.2) is 54.7 Å². The minimum Gasteiger partial charge on any atom is -0.484 e. The first-order chi connectivity index (χ1) is 16.3. The molecule has 0 aliphatic carbocycles. The van der Waals surface area contributed by atoms with Crippen LogP contribution in [-0.4, -0.2) is 42.9 Å². The summed E-state index contributed by atoms with van der Waals surface area (Å²) in [7, 11) is 0. The summed E-state index contributed by atoms with van der Waals surface area (Å²) in [6.45, 7) is 3.63. The fourth-order valence-corrected chi connectivity index (χ4v) is 2.72. The van der Waals surface area contributed by atoms with Crippen LogP contribution in [0.5, 0.6) is 11.5 Å². The number of carbonyl (C=O) groups is 2. The first-order valence-electron chi connectivity index (χ1n) is 10.1. The van der Waals surface area contributed by atoms with E-state index in [1.165, 1.54) is 24.3 Å². The van der Waals surface area contributed by atoms with Crippen LogP contribution in [0.3, 0.4) is 0 Å². The van der Waals surface area contributed by atoms with Crippen LogP contribution >= 0.6 is 11.6 Å². The summed E-state index contributed by atoms with van der Waals surface area (Å²) in [6, 6.07) is 8.28. The number of nitrogens with one attached hydrogen (secondary N) is 2. The maximum atomic E-state index is 13.4. The van der Waals surface area contributed by atoms with Crippen molar-refractivity contribution in [2.24, 2.45) is 0 Å². The second kappa shape index (κ2) is 11.9. The maximum Gasteiger partial charge on any atom is 0.421 e. The van der Waals surface area contributed by atoms with Gasteiger partial charge in [-0.05, 0) is 36.8 Å². The molecular formula is C23H23ClF4N2O5. The predicted molar refractivity (Wildman–Crippen MR) is 119 cm³/mol. The summed E-state index contributed by atoms with van der Waals surface area (Å²) in [4.78, 5) is 23.8. The molecule has 1 atom stereocenters. The van der Waals surface area contributed by atoms with Crippen LogP contribution < -0.4 is 20.1 Å². The number of hydrogen-bond acceptors (Lipinski definition) is 5. The molecule has 0 radical (unpaired) electrons. The molecule has 0 bridgehead atoms. The number of halogens is 5. The Balaban J connectivity index is 1.67. The van der Waals surface area contributed by atoms with Gasteiger partial charge in [0.25, 0.3) is 11.8 Å². The van der Waals surface area contributed by atoms with Crippen molar-refractivity contribution in [1.82, 2.24) is 10.6 Å². The zero-order valence-electron chi connectivity index (χ0n) is 18.5. The molecule has 2 aromatic rings. The van der Waals surface area contributed by atoms with Crippen molar-refractivity contribution in [3.05, 3.63) is 71.1 Å². The second-order valence-corrected chi connectivity index (χ2v) is 7.91. The minimum absolute atomic E-state index is 0.0734. The average Bonchev–Trinajstić information content (AvgIpc) is 2.78. The van der Waals surface area contributed by atoms with Crippen molar-refractivity contribution in [2.75, 3.05) is 19.8 Å². The average molecular weight is 519 g/mol. The number of hydrogen-bond donors (Lipinski definition) is 3. The highest BCUT2D eigenvalue weighted by Crippen LogP contribution is 2.38. The summed E-state index contributed by atoms with van der Waals surface area (Å²) in [6.07, 6.45) is -4.64. The van der Waals surface area contributed by atoms with Gasteiger partial charge in [-0.15, -0.1) is 0 Å². The SMILES string of the molecule is C=C(CCNC(=O)COc1ccc(C(C)(O)C(F)(F)F)cc1)NC(=O)COc1ccc(Cl)c(F)c1. The van der Waals surface area contributed by atoms with Crippen LogP contribution in [0.1, 0.15) is 18.9 Å². The van der Waals surface area contributed by atoms with E-state index in [4.69, 9.17) is 21.1 Å². The lowest BCUT2D eigenvalue weighted by molar-refractivity contribution is -0.258. The van der Waals surface area contributed by atoms with Crippen molar-refractivity contribution < 1.29 is 41.7 Å². The van der Waals surface area contributed by atoms with E-state index in [0.29, 0.717) is 12.6 Å². The van der Waals surface area contributed by atoms with E-state index in [1.54, 1.807) is 0 Å². The predicted octanol–water partition coefficient (Wildman–Crippen LogP) is 3.84. The van der Waals surface area contributed by atoms with Crippen LogP contribution in [0.4, 0.5) is 17.6 Å². The van der Waals surface area contributed by atoms with Gasteiger partial charge in [0.2, 0.25) is 0 Å². The lowest BCUT2D eigenvalue weighted by atomic mass is 9.95. The number of benzene rings is 2. The Morgan fingerprint density at radius 2 is 1.60 bits per heavy atom. The Kier molecular flexibility index (Phi) is 9.49. The van der Waals surface area contributed by atoms with Crippen molar-refractivity contribution in [1.29, 1.82) is 0 Å². The summed E-state index contributed by atoms with van der Waals surface area (Å²) in [5, 5.41) is 14.6. The monoisotopic (exact) mass is 518 g/mol. The molecule has 3 N–H and O–H groups in total. The first kappa shape index (κ1) is 27.9. The maximum absolute atomic E-state index is 13.4. The van der Waals surface area contributed by atoms with E-state index in [0.717, 1.165) is 18.2 Å². The molecular weight excluding hydrogens is 496 g/mol. The third-order valence-corrected chi connectivity index (χ3v) is 4.97. The fourth-order valence-electron chi connectivity index (χ4n) is 2.60. The number of amides is 2. The Bertz CT molecular complexity index is 1060. The van der Waals surface area contributed by atoms with Gasteiger partial charge in [-0.1, -0.05) is 30.3 Å². The van der Waals surface area contributed by atoms with Crippen LogP contribution in [0.2, 0.25) is 5.02 Å². The number of ether oxygens (including phenoxy) is 2. The lowest BCUT2D eigenvalue weighted by Gasteiger charge is -2.26. The van der Waals surface area contributed by atoms with E-state index < -0.39 is 42.6 Å². The van der Waals surface area contributed by atoms with Gasteiger partial charge in [0.05, 0.1) is 5.02 Å². The Morgan fingerprint density at radius 3 is 2.20 bits per heavy atom. The minimum atomic E-state index is -4.85. The van der Waals surface area contributed by atoms with E-state index in [1.807, 2.05) is 0 Å². The summed E-state index contributed by atoms with van der Waals surface area (Å²) < 4.78 is 62.3. The van der Waals surface area contributed by atoms with Crippen molar-refractivity contribution in [3.8, 4) is 11.5 Å². The zero-order valence-corrected chi connectivity index (χ0v) is 19.3. The molecule has 2 rings (SSSR count). The highest BCUT2D eigenvalue weighted by atomic mass is 35.5. The van der Waals surface area contributed by atoms with Crippen LogP contribution in [0.25, 0.3) is 0 Å². The molecule has 190 valence electrons. The zero-order chi connectivity index (χ0) is 26.2. The normalized spacial score (nSPS) is 12.9. The van der Waals surface area contributed by atoms with Gasteiger partial charge < -0.3 is 25.2 Å². The molecule has 0 aromatic heterocycles. The van der Waals surface area contributed by atoms with Crippen molar-refractivity contribution >= 4 is 23.4 Å². The molecule has 0 saturated carbocycles. The quantitative estimate of drug-likeness (QED) is 0.393. The summed E-state index contributed by atoms with van der Waals surface area (Å²) >= 11 is 5.57. The molecule has 35 heavy (non-hydrogen) atoms. The summed E-state index contributed by atoms with van der Waals surface area (Å²) in [5.74, 6) is -1.46. The number of carbonyl (C=O) groups excluding carboxylic acids is 2. The van der Waals surface area contributed by atoms with Gasteiger partial charge in [-0.2, -0.15) is 13.2 Å². The molecule has 2 amide bonds. The molecule has 1 unspecified atom stereocenters. The van der Waals surface area contributed by atoms with E-state index >= 15 is 0 Å². The van der Waals surface area contributed by atoms with E-state index in [2.05, 4.69) is 17.2 Å². The molecule has 12 heteroatoms. The number of rotatable bonds is 11. The first-order valence-corrected chi connectivity index (χ1v) is 10.5. The Morgan fingerprint density at radius 1 is 1.03 bits per heavy atom. The highest BCUT2D eigenvalue weighted by molar-refractivity contribution is 6.30. The second-order valence-electron chi connectivity index (χ2n) is 7.50.